The van der Waals surface area contributed by atoms with E-state index in [2.05, 4.69) is 0 Å². The largest absolute Gasteiger partial charge is 1.00 e. The van der Waals surface area contributed by atoms with Crippen LogP contribution in [0.1, 0.15) is 1.43 Å². The molecular formula is C6H19KNO2Si2+. The molecule has 0 aromatic heterocycles. The second kappa shape index (κ2) is 5.38. The molecule has 0 atom stereocenters. The molecular weight excluding hydrogens is 213 g/mol. The SMILES string of the molecule is C[Si](C)(C)O[N+](=O)[Si](C)(C)C.[H-].[K+]. The molecule has 0 radical (unpaired) electrons. The number of hydrogen-bond donors (Lipinski definition) is 0. The Labute approximate surface area is 121 Å². The fourth-order valence-electron chi connectivity index (χ4n) is 0.386. The molecule has 0 amide bonds. The van der Waals surface area contributed by atoms with Crippen LogP contribution in [0.25, 0.3) is 0 Å². The van der Waals surface area contributed by atoms with Crippen LogP contribution in [0, 0.1) is 4.91 Å². The van der Waals surface area contributed by atoms with E-state index >= 15 is 0 Å². The van der Waals surface area contributed by atoms with E-state index in [1.807, 2.05) is 39.3 Å². The van der Waals surface area contributed by atoms with Gasteiger partial charge < -0.3 is 5.95 Å². The van der Waals surface area contributed by atoms with Crippen LogP contribution in [0.3, 0.4) is 0 Å². The summed E-state index contributed by atoms with van der Waals surface area (Å²) in [6, 6.07) is 0. The quantitative estimate of drug-likeness (QED) is 0.484. The fourth-order valence-corrected chi connectivity index (χ4v) is 2.80. The first-order valence-electron chi connectivity index (χ1n) is 3.79. The second-order valence-electron chi connectivity index (χ2n) is 4.63. The van der Waals surface area contributed by atoms with Gasteiger partial charge in [0.25, 0.3) is 0 Å². The van der Waals surface area contributed by atoms with Gasteiger partial charge in [-0.1, -0.05) is 0 Å². The van der Waals surface area contributed by atoms with Crippen molar-refractivity contribution >= 4 is 16.6 Å². The molecule has 12 heavy (non-hydrogen) atoms. The van der Waals surface area contributed by atoms with E-state index in [4.69, 9.17) is 4.53 Å². The minimum Gasteiger partial charge on any atom is -1.00 e. The van der Waals surface area contributed by atoms with Crippen LogP contribution >= 0.6 is 0 Å². The van der Waals surface area contributed by atoms with Gasteiger partial charge in [0, 0.05) is 4.91 Å². The van der Waals surface area contributed by atoms with Crippen LogP contribution < -0.4 is 51.4 Å². The van der Waals surface area contributed by atoms with E-state index in [0.717, 1.165) is 4.59 Å². The maximum absolute atomic E-state index is 11.3. The van der Waals surface area contributed by atoms with Gasteiger partial charge in [0.15, 0.2) is 0 Å². The molecule has 0 bridgehead atoms. The Hall–Kier alpha value is 1.47. The molecule has 0 heterocycles. The summed E-state index contributed by atoms with van der Waals surface area (Å²) in [6.07, 6.45) is 0. The van der Waals surface area contributed by atoms with E-state index in [-0.39, 0.29) is 52.8 Å². The van der Waals surface area contributed by atoms with Gasteiger partial charge >= 0.3 is 67.9 Å². The van der Waals surface area contributed by atoms with E-state index in [9.17, 15) is 4.91 Å². The predicted octanol–water partition coefficient (Wildman–Crippen LogP) is -0.517. The molecule has 0 fully saturated rings. The Morgan fingerprint density at radius 3 is 1.50 bits per heavy atom. The summed E-state index contributed by atoms with van der Waals surface area (Å²) in [5.74, 6) is 0. The van der Waals surface area contributed by atoms with Crippen molar-refractivity contribution in [3.63, 3.8) is 0 Å². The van der Waals surface area contributed by atoms with Gasteiger partial charge in [0.2, 0.25) is 0 Å². The minimum absolute atomic E-state index is 0. The van der Waals surface area contributed by atoms with Crippen molar-refractivity contribution in [1.82, 2.24) is 0 Å². The summed E-state index contributed by atoms with van der Waals surface area (Å²) in [6.45, 7) is 12.0. The van der Waals surface area contributed by atoms with Crippen molar-refractivity contribution in [1.29, 1.82) is 0 Å². The van der Waals surface area contributed by atoms with Gasteiger partial charge in [-0.2, -0.15) is 0 Å². The Balaban J connectivity index is -0.000000500. The summed E-state index contributed by atoms with van der Waals surface area (Å²) < 4.78 is 6.13. The minimum atomic E-state index is -1.78. The van der Waals surface area contributed by atoms with Crippen molar-refractivity contribution in [3.8, 4) is 0 Å². The fraction of sp³-hybridized carbons (Fsp3) is 1.00. The normalized spacial score (nSPS) is 11.8. The van der Waals surface area contributed by atoms with Gasteiger partial charge in [-0.05, 0) is 39.3 Å². The first-order valence-corrected chi connectivity index (χ1v) is 10.6. The third kappa shape index (κ3) is 8.09. The first kappa shape index (κ1) is 15.9. The molecule has 0 aromatic rings. The molecule has 0 aliphatic heterocycles. The van der Waals surface area contributed by atoms with Gasteiger partial charge in [-0.25, -0.2) is 0 Å². The van der Waals surface area contributed by atoms with Crippen molar-refractivity contribution in [2.24, 2.45) is 0 Å². The summed E-state index contributed by atoms with van der Waals surface area (Å²) >= 11 is 0. The molecule has 3 nitrogen and oxygen atoms in total. The van der Waals surface area contributed by atoms with Gasteiger partial charge in [0.05, 0.1) is 0 Å². The molecule has 0 rings (SSSR count). The van der Waals surface area contributed by atoms with Crippen LogP contribution in [-0.2, 0) is 4.53 Å². The van der Waals surface area contributed by atoms with Crippen LogP contribution in [0.15, 0.2) is 0 Å². The molecule has 0 unspecified atom stereocenters. The average molecular weight is 232 g/mol. The van der Waals surface area contributed by atoms with Crippen molar-refractivity contribution in [3.05, 3.63) is 4.91 Å². The van der Waals surface area contributed by atoms with E-state index in [1.54, 1.807) is 0 Å². The summed E-state index contributed by atoms with van der Waals surface area (Å²) in [5.41, 5.74) is 0. The zero-order valence-corrected chi connectivity index (χ0v) is 14.4. The van der Waals surface area contributed by atoms with E-state index in [1.165, 1.54) is 0 Å². The molecule has 68 valence electrons. The van der Waals surface area contributed by atoms with Crippen LogP contribution in [0.5, 0.6) is 0 Å². The smallest absolute Gasteiger partial charge is 1.00 e. The van der Waals surface area contributed by atoms with Crippen molar-refractivity contribution < 1.29 is 61.9 Å². The molecule has 0 N–H and O–H groups in total. The molecule has 0 aliphatic rings. The van der Waals surface area contributed by atoms with Crippen LogP contribution in [0.4, 0.5) is 0 Å². The topological polar surface area (TPSA) is 29.3 Å². The second-order valence-corrected chi connectivity index (χ2v) is 13.7. The first-order chi connectivity index (χ1) is 4.63. The van der Waals surface area contributed by atoms with E-state index < -0.39 is 16.6 Å². The third-order valence-electron chi connectivity index (χ3n) is 0.904. The monoisotopic (exact) mass is 232 g/mol. The maximum atomic E-state index is 11.3. The number of nitrogens with zero attached hydrogens (tertiary/aromatic N) is 1. The zero-order valence-electron chi connectivity index (χ0n) is 10.3. The van der Waals surface area contributed by atoms with Gasteiger partial charge in [0.1, 0.15) is 4.59 Å². The predicted molar refractivity (Wildman–Crippen MR) is 52.5 cm³/mol. The van der Waals surface area contributed by atoms with Crippen LogP contribution in [-0.4, -0.2) is 21.1 Å². The number of rotatable bonds is 3. The number of hydrogen-bond acceptors (Lipinski definition) is 2. The Bertz CT molecular complexity index is 167. The maximum Gasteiger partial charge on any atom is 1.00 e. The van der Waals surface area contributed by atoms with E-state index in [0.29, 0.717) is 0 Å². The molecule has 6 heteroatoms. The van der Waals surface area contributed by atoms with Crippen molar-refractivity contribution in [2.45, 2.75) is 39.3 Å². The molecule has 0 spiro atoms. The molecule has 0 aliphatic carbocycles. The Kier molecular flexibility index (Phi) is 7.13. The molecule has 0 aromatic carbocycles. The average Bonchev–Trinajstić information content (AvgIpc) is 1.56. The van der Waals surface area contributed by atoms with Crippen LogP contribution in [0.2, 0.25) is 39.3 Å². The summed E-state index contributed by atoms with van der Waals surface area (Å²) in [7, 11) is -3.46. The van der Waals surface area contributed by atoms with Gasteiger partial charge in [-0.3, -0.25) is 0 Å². The summed E-state index contributed by atoms with van der Waals surface area (Å²) in [4.78, 5) is 11.3. The zero-order chi connectivity index (χ0) is 9.28. The summed E-state index contributed by atoms with van der Waals surface area (Å²) in [5, 5.41) is 0. The molecule has 0 saturated carbocycles. The Morgan fingerprint density at radius 2 is 1.42 bits per heavy atom. The van der Waals surface area contributed by atoms with Crippen molar-refractivity contribution in [2.75, 3.05) is 0 Å². The third-order valence-corrected chi connectivity index (χ3v) is 2.99. The Morgan fingerprint density at radius 1 is 1.08 bits per heavy atom. The standard InChI is InChI=1S/C6H18NO2Si2.K.H/c1-10(2,3)7(8)9-11(4,5)6;;/h1-6H3;;/q2*+1;-1. The molecule has 0 saturated heterocycles. The van der Waals surface area contributed by atoms with Gasteiger partial charge in [-0.15, -0.1) is 0 Å².